The Bertz CT molecular complexity index is 2910. The van der Waals surface area contributed by atoms with Crippen molar-refractivity contribution in [3.63, 3.8) is 0 Å². The molecule has 100 heavy (non-hydrogen) atoms. The zero-order chi connectivity index (χ0) is 74.2. The number of aliphatic hydroxyl groups is 2. The lowest BCUT2D eigenvalue weighted by Crippen LogP contribution is -2.65. The molecular formula is C84H138O16. The maximum Gasteiger partial charge on any atom is 0.344 e. The molecule has 16 aliphatic rings. The van der Waals surface area contributed by atoms with Gasteiger partial charge in [-0.2, -0.15) is 0 Å². The Kier molecular flexibility index (Phi) is 23.2. The van der Waals surface area contributed by atoms with Gasteiger partial charge in [-0.25, -0.2) is 4.79 Å². The second-order valence-corrected chi connectivity index (χ2v) is 39.9. The van der Waals surface area contributed by atoms with Crippen LogP contribution in [0.25, 0.3) is 0 Å². The number of esters is 7. The lowest BCUT2D eigenvalue weighted by molar-refractivity contribution is -0.247. The maximum atomic E-state index is 12.8. The number of rotatable bonds is 20. The van der Waals surface area contributed by atoms with Gasteiger partial charge in [-0.15, -0.1) is 0 Å². The maximum absolute atomic E-state index is 12.8. The first-order valence-electron chi connectivity index (χ1n) is 40.1. The predicted molar refractivity (Wildman–Crippen MR) is 384 cm³/mol. The number of ether oxygens (including phenoxy) is 7. The van der Waals surface area contributed by atoms with Crippen LogP contribution >= 0.6 is 0 Å². The van der Waals surface area contributed by atoms with Gasteiger partial charge in [0.25, 0.3) is 0 Å². The van der Waals surface area contributed by atoms with E-state index in [-0.39, 0.29) is 105 Å². The molecule has 2 N–H and O–H groups in total. The lowest BCUT2D eigenvalue weighted by atomic mass is 9.38. The van der Waals surface area contributed by atoms with Gasteiger partial charge < -0.3 is 43.4 Å². The Labute approximate surface area is 602 Å². The average Bonchev–Trinajstić information content (AvgIpc) is 0.928. The van der Waals surface area contributed by atoms with Gasteiger partial charge in [0, 0.05) is 23.7 Å². The van der Waals surface area contributed by atoms with E-state index in [4.69, 9.17) is 33.2 Å². The summed E-state index contributed by atoms with van der Waals surface area (Å²) in [5, 5.41) is 21.7. The summed E-state index contributed by atoms with van der Waals surface area (Å²) in [7, 11) is 0. The first-order chi connectivity index (χ1) is 46.2. The van der Waals surface area contributed by atoms with Gasteiger partial charge in [-0.1, -0.05) is 41.5 Å². The summed E-state index contributed by atoms with van der Waals surface area (Å²) in [6.07, 6.45) is 29.5. The van der Waals surface area contributed by atoms with E-state index in [1.165, 1.54) is 57.8 Å². The predicted octanol–water partition coefficient (Wildman–Crippen LogP) is 17.5. The molecule has 9 atom stereocenters. The number of hydrogen-bond donors (Lipinski definition) is 2. The quantitative estimate of drug-likeness (QED) is 0.0854. The van der Waals surface area contributed by atoms with E-state index in [0.717, 1.165) is 127 Å². The van der Waals surface area contributed by atoms with Crippen LogP contribution in [0.15, 0.2) is 0 Å². The molecule has 1 aliphatic heterocycles. The van der Waals surface area contributed by atoms with Crippen LogP contribution in [-0.4, -0.2) is 104 Å². The summed E-state index contributed by atoms with van der Waals surface area (Å²) in [5.41, 5.74) is -4.49. The van der Waals surface area contributed by atoms with Crippen LogP contribution in [-0.2, 0) is 66.7 Å². The van der Waals surface area contributed by atoms with Crippen molar-refractivity contribution in [3.05, 3.63) is 0 Å². The Balaban J connectivity index is 0.000000147. The number of carbonyl (C=O) groups excluding carboxylic acids is 7. The van der Waals surface area contributed by atoms with E-state index in [1.807, 2.05) is 96.9 Å². The van der Waals surface area contributed by atoms with Crippen molar-refractivity contribution in [1.82, 2.24) is 0 Å². The number of fused-ring (bicyclic) bond motifs is 1. The Morgan fingerprint density at radius 3 is 1.39 bits per heavy atom. The molecule has 15 saturated carbocycles. The summed E-state index contributed by atoms with van der Waals surface area (Å²) in [4.78, 5) is 85.1. The third-order valence-corrected chi connectivity index (χ3v) is 29.8. The molecular weight excluding hydrogens is 1260 g/mol. The van der Waals surface area contributed by atoms with Gasteiger partial charge >= 0.3 is 41.8 Å². The van der Waals surface area contributed by atoms with Gasteiger partial charge in [0.1, 0.15) is 34.6 Å². The summed E-state index contributed by atoms with van der Waals surface area (Å²) in [6, 6.07) is 0. The Morgan fingerprint density at radius 1 is 0.500 bits per heavy atom. The highest BCUT2D eigenvalue weighted by Crippen LogP contribution is 2.71. The second kappa shape index (κ2) is 28.8. The van der Waals surface area contributed by atoms with E-state index >= 15 is 0 Å². The molecule has 16 fully saturated rings. The molecule has 0 aromatic rings. The van der Waals surface area contributed by atoms with E-state index in [2.05, 4.69) is 34.6 Å². The monoisotopic (exact) mass is 1400 g/mol. The molecule has 9 unspecified atom stereocenters. The highest BCUT2D eigenvalue weighted by atomic mass is 16.6. The third-order valence-electron chi connectivity index (χ3n) is 29.8. The van der Waals surface area contributed by atoms with Gasteiger partial charge in [-0.3, -0.25) is 28.8 Å². The molecule has 16 heteroatoms. The fourth-order valence-corrected chi connectivity index (χ4v) is 21.7. The topological polar surface area (TPSA) is 225 Å². The van der Waals surface area contributed by atoms with Crippen LogP contribution in [0.5, 0.6) is 0 Å². The Hall–Kier alpha value is -3.79. The third kappa shape index (κ3) is 16.3. The van der Waals surface area contributed by atoms with E-state index in [1.54, 1.807) is 13.8 Å². The summed E-state index contributed by atoms with van der Waals surface area (Å²) >= 11 is 0. The van der Waals surface area contributed by atoms with Crippen LogP contribution < -0.4 is 0 Å². The molecule has 15 aliphatic carbocycles. The van der Waals surface area contributed by atoms with Crippen LogP contribution in [0, 0.1) is 103 Å². The minimum atomic E-state index is -0.668. The average molecular weight is 1400 g/mol. The molecule has 0 amide bonds. The van der Waals surface area contributed by atoms with E-state index in [0.29, 0.717) is 48.3 Å². The molecule has 1 saturated heterocycles. The van der Waals surface area contributed by atoms with Gasteiger partial charge in [-0.05, 0) is 336 Å². The summed E-state index contributed by atoms with van der Waals surface area (Å²) < 4.78 is 39.9. The van der Waals surface area contributed by atoms with Crippen molar-refractivity contribution in [2.75, 3.05) is 6.61 Å². The SMILES string of the molecule is CCC(C)(C)C(=O)OC(C)(C)C12CC3CC(CC(C(C)(C)O)(C3)C1)C2.CCC(C)(C)C(=O)OC1(C)CCCC1.CCC(C)(C)C(=O)OC1(CC)C2CC3CC(C2)CC1C3.CCC(C)(C)C(=O)OC12CC3CC(CC(O)(C3)C1)C2.CCC(C)(C)C(=O)OCC(=O)OC1C2CC3C(=O)OC1C3C2. The van der Waals surface area contributed by atoms with Crippen molar-refractivity contribution in [3.8, 4) is 0 Å². The van der Waals surface area contributed by atoms with Crippen molar-refractivity contribution in [2.45, 2.75) is 377 Å². The fraction of sp³-hybridized carbons (Fsp3) is 0.917. The van der Waals surface area contributed by atoms with Crippen LogP contribution in [0.1, 0.15) is 332 Å². The molecule has 0 aromatic carbocycles. The van der Waals surface area contributed by atoms with E-state index < -0.39 is 45.0 Å². The lowest BCUT2D eigenvalue weighted by Gasteiger charge is -2.68. The minimum absolute atomic E-state index is 0.00636. The molecule has 16 nitrogen and oxygen atoms in total. The van der Waals surface area contributed by atoms with Crippen molar-refractivity contribution in [1.29, 1.82) is 0 Å². The zero-order valence-electron chi connectivity index (χ0n) is 66.3. The first kappa shape index (κ1) is 80.3. The molecule has 570 valence electrons. The molecule has 16 rings (SSSR count). The van der Waals surface area contributed by atoms with Crippen molar-refractivity contribution < 1.29 is 76.9 Å². The molecule has 0 radical (unpaired) electrons. The minimum Gasteiger partial charge on any atom is -0.459 e. The van der Waals surface area contributed by atoms with Gasteiger partial charge in [0.15, 0.2) is 6.61 Å². The number of carbonyl (C=O) groups is 7. The van der Waals surface area contributed by atoms with Crippen molar-refractivity contribution in [2.24, 2.45) is 103 Å². The fourth-order valence-electron chi connectivity index (χ4n) is 21.7. The first-order valence-corrected chi connectivity index (χ1v) is 40.1. The summed E-state index contributed by atoms with van der Waals surface area (Å²) in [5.74, 6) is 4.67. The van der Waals surface area contributed by atoms with Gasteiger partial charge in [0.05, 0.1) is 44.2 Å². The standard InChI is InChI=1S/C22H38O3.C18H30O2.C16H22O6.C16H26O3.C12H22O2/c1-8-18(2,3)17(23)25-20(6,7)22-12-15-9-16(13-22)11-21(10-15,14-22)19(4,5)24;1-5-17(3,4)16(19)20-18(6-2)14-8-12-7-13(10-14)11-15(18)9-12;1-4-16(2,3)15(19)20-7-11(17)21-12-8-5-9-10(6-8)14(18)22-13(9)12;1-4-14(2,3)13(17)19-16-8-11-5-12(9-16)7-15(18,6-11)10-16;1-5-11(2,3)10(13)14-12(4)8-6-7-9-12/h15-16,24H,8-14H2,1-7H3;12-15H,5-11H2,1-4H3;8-10,12-13H,4-7H2,1-3H3;11-12,18H,4-10H2,1-3H3;5-9H2,1-4H3. The zero-order valence-corrected chi connectivity index (χ0v) is 66.3. The van der Waals surface area contributed by atoms with Gasteiger partial charge in [0.2, 0.25) is 0 Å². The summed E-state index contributed by atoms with van der Waals surface area (Å²) in [6.45, 7) is 41.5. The van der Waals surface area contributed by atoms with Crippen LogP contribution in [0.2, 0.25) is 0 Å². The van der Waals surface area contributed by atoms with Crippen molar-refractivity contribution >= 4 is 41.8 Å². The smallest absolute Gasteiger partial charge is 0.344 e. The van der Waals surface area contributed by atoms with Crippen LogP contribution in [0.4, 0.5) is 0 Å². The molecule has 1 heterocycles. The normalized spacial score (nSPS) is 37.2. The largest absolute Gasteiger partial charge is 0.459 e. The molecule has 14 bridgehead atoms. The highest BCUT2D eigenvalue weighted by molar-refractivity contribution is 5.81. The highest BCUT2D eigenvalue weighted by Gasteiger charge is 2.68. The Morgan fingerprint density at radius 2 is 0.930 bits per heavy atom. The van der Waals surface area contributed by atoms with Crippen LogP contribution in [0.3, 0.4) is 0 Å². The van der Waals surface area contributed by atoms with E-state index in [9.17, 15) is 43.8 Å². The molecule has 0 aromatic heterocycles. The number of hydrogen-bond acceptors (Lipinski definition) is 16. The second-order valence-electron chi connectivity index (χ2n) is 39.9. The molecule has 0 spiro atoms.